The largest absolute Gasteiger partial charge is 0.452 e. The van der Waals surface area contributed by atoms with Crippen LogP contribution in [0.15, 0.2) is 59.3 Å². The molecular weight excluding hydrogens is 294 g/mol. The Hall–Kier alpha value is -3.28. The highest BCUT2D eigenvalue weighted by Crippen LogP contribution is 2.16. The van der Waals surface area contributed by atoms with Gasteiger partial charge in [0.2, 0.25) is 5.89 Å². The van der Waals surface area contributed by atoms with Crippen LogP contribution in [-0.2, 0) is 11.3 Å². The number of carbonyl (C=O) groups is 1. The van der Waals surface area contributed by atoms with Gasteiger partial charge in [-0.3, -0.25) is 9.97 Å². The molecule has 0 fully saturated rings. The summed E-state index contributed by atoms with van der Waals surface area (Å²) in [4.78, 5) is 24.7. The van der Waals surface area contributed by atoms with E-state index in [1.165, 1.54) is 0 Å². The van der Waals surface area contributed by atoms with Gasteiger partial charge in [-0.2, -0.15) is 0 Å². The molecule has 0 spiro atoms. The zero-order chi connectivity index (χ0) is 15.6. The average Bonchev–Trinajstić information content (AvgIpc) is 3.02. The second-order valence-corrected chi connectivity index (χ2v) is 4.91. The van der Waals surface area contributed by atoms with Crippen LogP contribution in [0.5, 0.6) is 0 Å². The number of carbonyl (C=O) groups excluding carboxylic acids is 1. The van der Waals surface area contributed by atoms with Crippen molar-refractivity contribution in [1.29, 1.82) is 0 Å². The molecule has 2 heterocycles. The molecule has 4 aromatic rings. The fourth-order valence-electron chi connectivity index (χ4n) is 2.28. The second kappa shape index (κ2) is 5.49. The average molecular weight is 305 g/mol. The van der Waals surface area contributed by atoms with Crippen LogP contribution in [0.4, 0.5) is 0 Å². The highest BCUT2D eigenvalue weighted by atomic mass is 16.5. The first-order valence-corrected chi connectivity index (χ1v) is 7.02. The molecule has 6 heteroatoms. The molecule has 23 heavy (non-hydrogen) atoms. The van der Waals surface area contributed by atoms with Crippen molar-refractivity contribution in [3.05, 3.63) is 66.3 Å². The fourth-order valence-corrected chi connectivity index (χ4v) is 2.28. The highest BCUT2D eigenvalue weighted by Gasteiger charge is 2.12. The van der Waals surface area contributed by atoms with Gasteiger partial charge in [-0.1, -0.05) is 12.1 Å². The quantitative estimate of drug-likeness (QED) is 0.541. The van der Waals surface area contributed by atoms with E-state index in [9.17, 15) is 4.79 Å². The van der Waals surface area contributed by atoms with E-state index >= 15 is 0 Å². The number of oxazole rings is 1. The topological polar surface area (TPSA) is 78.1 Å². The van der Waals surface area contributed by atoms with Crippen LogP contribution in [0.25, 0.3) is 22.1 Å². The van der Waals surface area contributed by atoms with Crippen molar-refractivity contribution in [2.45, 2.75) is 6.61 Å². The highest BCUT2D eigenvalue weighted by molar-refractivity contribution is 5.93. The summed E-state index contributed by atoms with van der Waals surface area (Å²) in [5.74, 6) is -0.0973. The van der Waals surface area contributed by atoms with Gasteiger partial charge in [-0.05, 0) is 30.3 Å². The maximum absolute atomic E-state index is 12.1. The molecule has 0 amide bonds. The first kappa shape index (κ1) is 13.4. The summed E-state index contributed by atoms with van der Waals surface area (Å²) in [7, 11) is 0. The van der Waals surface area contributed by atoms with Crippen LogP contribution in [0, 0.1) is 0 Å². The molecule has 2 aromatic heterocycles. The van der Waals surface area contributed by atoms with Gasteiger partial charge in [0.05, 0.1) is 16.6 Å². The number of para-hydroxylation sites is 2. The van der Waals surface area contributed by atoms with Crippen LogP contribution in [0.1, 0.15) is 16.2 Å². The molecule has 0 atom stereocenters. The monoisotopic (exact) mass is 305 g/mol. The Balaban J connectivity index is 1.52. The van der Waals surface area contributed by atoms with Crippen LogP contribution in [0.2, 0.25) is 0 Å². The molecule has 0 aliphatic heterocycles. The Kier molecular flexibility index (Phi) is 3.20. The zero-order valence-corrected chi connectivity index (χ0v) is 12.0. The summed E-state index contributed by atoms with van der Waals surface area (Å²) < 4.78 is 10.8. The molecule has 0 saturated carbocycles. The van der Waals surface area contributed by atoms with E-state index in [1.54, 1.807) is 30.6 Å². The number of hydrogen-bond donors (Lipinski definition) is 0. The molecule has 0 bridgehead atoms. The minimum Gasteiger partial charge on any atom is -0.452 e. The standard InChI is InChI=1S/C17H11N3O3/c21-17(11-5-6-12-14(9-11)19-8-7-18-12)22-10-16-20-13-3-1-2-4-15(13)23-16/h1-9H,10H2. The number of fused-ring (bicyclic) bond motifs is 2. The SMILES string of the molecule is O=C(OCc1nc2ccccc2o1)c1ccc2nccnc2c1. The van der Waals surface area contributed by atoms with Gasteiger partial charge in [0.1, 0.15) is 5.52 Å². The normalized spacial score (nSPS) is 11.0. The lowest BCUT2D eigenvalue weighted by molar-refractivity contribution is 0.0440. The fraction of sp³-hybridized carbons (Fsp3) is 0.0588. The Bertz CT molecular complexity index is 977. The molecule has 112 valence electrons. The Labute approximate surface area is 130 Å². The van der Waals surface area contributed by atoms with Gasteiger partial charge in [0.15, 0.2) is 12.2 Å². The van der Waals surface area contributed by atoms with E-state index in [2.05, 4.69) is 15.0 Å². The lowest BCUT2D eigenvalue weighted by atomic mass is 10.2. The van der Waals surface area contributed by atoms with Gasteiger partial charge >= 0.3 is 5.97 Å². The first-order valence-electron chi connectivity index (χ1n) is 7.02. The molecule has 0 radical (unpaired) electrons. The number of rotatable bonds is 3. The summed E-state index contributed by atoms with van der Waals surface area (Å²) in [5, 5.41) is 0. The minimum atomic E-state index is -0.459. The van der Waals surface area contributed by atoms with Crippen LogP contribution < -0.4 is 0 Å². The summed E-state index contributed by atoms with van der Waals surface area (Å²) in [6.07, 6.45) is 3.18. The summed E-state index contributed by atoms with van der Waals surface area (Å²) in [5.41, 5.74) is 3.18. The van der Waals surface area contributed by atoms with E-state index in [-0.39, 0.29) is 6.61 Å². The third-order valence-electron chi connectivity index (χ3n) is 3.37. The maximum Gasteiger partial charge on any atom is 0.338 e. The lowest BCUT2D eigenvalue weighted by Gasteiger charge is -2.03. The summed E-state index contributed by atoms with van der Waals surface area (Å²) in [6.45, 7) is -0.0218. The molecule has 0 aliphatic rings. The maximum atomic E-state index is 12.1. The number of ether oxygens (including phenoxy) is 1. The predicted octanol–water partition coefficient (Wildman–Crippen LogP) is 3.13. The van der Waals surface area contributed by atoms with Crippen molar-refractivity contribution in [2.24, 2.45) is 0 Å². The second-order valence-electron chi connectivity index (χ2n) is 4.91. The first-order chi connectivity index (χ1) is 11.3. The zero-order valence-electron chi connectivity index (χ0n) is 12.0. The van der Waals surface area contributed by atoms with E-state index in [0.29, 0.717) is 22.6 Å². The molecule has 0 unspecified atom stereocenters. The Morgan fingerprint density at radius 1 is 1.00 bits per heavy atom. The summed E-state index contributed by atoms with van der Waals surface area (Å²) in [6, 6.07) is 12.4. The number of esters is 1. The van der Waals surface area contributed by atoms with Gasteiger partial charge < -0.3 is 9.15 Å². The van der Waals surface area contributed by atoms with Gasteiger partial charge in [-0.15, -0.1) is 0 Å². The smallest absolute Gasteiger partial charge is 0.338 e. The van der Waals surface area contributed by atoms with Crippen molar-refractivity contribution in [3.63, 3.8) is 0 Å². The number of nitrogens with zero attached hydrogens (tertiary/aromatic N) is 3. The molecule has 0 saturated heterocycles. The van der Waals surface area contributed by atoms with Crippen molar-refractivity contribution in [1.82, 2.24) is 15.0 Å². The summed E-state index contributed by atoms with van der Waals surface area (Å²) >= 11 is 0. The third-order valence-corrected chi connectivity index (χ3v) is 3.37. The Morgan fingerprint density at radius 2 is 1.83 bits per heavy atom. The van der Waals surface area contributed by atoms with Crippen molar-refractivity contribution >= 4 is 28.1 Å². The van der Waals surface area contributed by atoms with Crippen molar-refractivity contribution < 1.29 is 13.9 Å². The van der Waals surface area contributed by atoms with E-state index in [1.807, 2.05) is 24.3 Å². The van der Waals surface area contributed by atoms with Gasteiger partial charge in [0.25, 0.3) is 0 Å². The lowest BCUT2D eigenvalue weighted by Crippen LogP contribution is -2.05. The van der Waals surface area contributed by atoms with Crippen LogP contribution in [-0.4, -0.2) is 20.9 Å². The molecular formula is C17H11N3O3. The van der Waals surface area contributed by atoms with Crippen LogP contribution in [0.3, 0.4) is 0 Å². The predicted molar refractivity (Wildman–Crippen MR) is 82.7 cm³/mol. The molecule has 0 aliphatic carbocycles. The number of aromatic nitrogens is 3. The minimum absolute atomic E-state index is 0.0218. The molecule has 4 rings (SSSR count). The third kappa shape index (κ3) is 2.62. The van der Waals surface area contributed by atoms with Crippen molar-refractivity contribution in [2.75, 3.05) is 0 Å². The van der Waals surface area contributed by atoms with Crippen molar-refractivity contribution in [3.8, 4) is 0 Å². The molecule has 6 nitrogen and oxygen atoms in total. The van der Waals surface area contributed by atoms with Gasteiger partial charge in [0, 0.05) is 12.4 Å². The Morgan fingerprint density at radius 3 is 2.70 bits per heavy atom. The number of benzene rings is 2. The van der Waals surface area contributed by atoms with Gasteiger partial charge in [-0.25, -0.2) is 9.78 Å². The molecule has 2 aromatic carbocycles. The number of hydrogen-bond acceptors (Lipinski definition) is 6. The molecule has 0 N–H and O–H groups in total. The van der Waals surface area contributed by atoms with E-state index in [4.69, 9.17) is 9.15 Å². The van der Waals surface area contributed by atoms with E-state index in [0.717, 1.165) is 11.0 Å². The van der Waals surface area contributed by atoms with E-state index < -0.39 is 5.97 Å². The van der Waals surface area contributed by atoms with Crippen LogP contribution >= 0.6 is 0 Å².